The lowest BCUT2D eigenvalue weighted by molar-refractivity contribution is -0.115. The topological polar surface area (TPSA) is 110 Å². The van der Waals surface area contributed by atoms with Crippen molar-refractivity contribution in [2.75, 3.05) is 5.32 Å². The van der Waals surface area contributed by atoms with Crippen molar-refractivity contribution in [1.29, 1.82) is 0 Å². The Bertz CT molecular complexity index is 599. The van der Waals surface area contributed by atoms with Crippen LogP contribution in [0.4, 0.5) is 5.69 Å². The van der Waals surface area contributed by atoms with Gasteiger partial charge in [-0.2, -0.15) is 0 Å². The minimum Gasteiger partial charge on any atom is -0.508 e. The Balaban J connectivity index is 2.09. The number of phenols is 4. The standard InChI is InChI=1S/C14H13NO5/c16-9-2-1-8(12(18)6-9)5-14(20)15-11-4-3-10(17)7-13(11)19/h1-4,6-7,16-19H,5H2,(H,15,20). The molecule has 20 heavy (non-hydrogen) atoms. The molecule has 0 bridgehead atoms. The van der Waals surface area contributed by atoms with Gasteiger partial charge in [-0.25, -0.2) is 0 Å². The number of amides is 1. The lowest BCUT2D eigenvalue weighted by Crippen LogP contribution is -2.14. The highest BCUT2D eigenvalue weighted by molar-refractivity contribution is 5.94. The van der Waals surface area contributed by atoms with E-state index >= 15 is 0 Å². The Kier molecular flexibility index (Phi) is 3.65. The lowest BCUT2D eigenvalue weighted by Gasteiger charge is -2.08. The number of rotatable bonds is 3. The third-order valence-electron chi connectivity index (χ3n) is 2.68. The van der Waals surface area contributed by atoms with Gasteiger partial charge in [0.2, 0.25) is 5.91 Å². The van der Waals surface area contributed by atoms with Gasteiger partial charge < -0.3 is 25.7 Å². The predicted octanol–water partition coefficient (Wildman–Crippen LogP) is 1.69. The van der Waals surface area contributed by atoms with Crippen LogP contribution in [0.2, 0.25) is 0 Å². The molecule has 0 spiro atoms. The van der Waals surface area contributed by atoms with Crippen LogP contribution in [0.15, 0.2) is 36.4 Å². The van der Waals surface area contributed by atoms with Crippen molar-refractivity contribution < 1.29 is 25.2 Å². The van der Waals surface area contributed by atoms with E-state index in [-0.39, 0.29) is 35.1 Å². The van der Waals surface area contributed by atoms with Crippen LogP contribution in [0.1, 0.15) is 5.56 Å². The number of hydrogen-bond donors (Lipinski definition) is 5. The van der Waals surface area contributed by atoms with Crippen LogP contribution in [0.3, 0.4) is 0 Å². The maximum Gasteiger partial charge on any atom is 0.229 e. The fourth-order valence-corrected chi connectivity index (χ4v) is 1.69. The van der Waals surface area contributed by atoms with Crippen molar-refractivity contribution in [2.24, 2.45) is 0 Å². The number of hydrogen-bond acceptors (Lipinski definition) is 5. The highest BCUT2D eigenvalue weighted by atomic mass is 16.3. The zero-order chi connectivity index (χ0) is 14.7. The molecule has 0 fully saturated rings. The zero-order valence-electron chi connectivity index (χ0n) is 10.4. The maximum absolute atomic E-state index is 11.8. The Labute approximate surface area is 114 Å². The number of carbonyl (C=O) groups is 1. The monoisotopic (exact) mass is 275 g/mol. The lowest BCUT2D eigenvalue weighted by atomic mass is 10.1. The summed E-state index contributed by atoms with van der Waals surface area (Å²) in [5.41, 5.74) is 0.504. The largest absolute Gasteiger partial charge is 0.508 e. The highest BCUT2D eigenvalue weighted by Gasteiger charge is 2.11. The van der Waals surface area contributed by atoms with Gasteiger partial charge in [0.1, 0.15) is 23.0 Å². The number of benzene rings is 2. The summed E-state index contributed by atoms with van der Waals surface area (Å²) in [6, 6.07) is 7.72. The van der Waals surface area contributed by atoms with Crippen LogP contribution < -0.4 is 5.32 Å². The molecule has 0 unspecified atom stereocenters. The van der Waals surface area contributed by atoms with Gasteiger partial charge in [0.05, 0.1) is 12.1 Å². The van der Waals surface area contributed by atoms with E-state index in [9.17, 15) is 15.0 Å². The number of phenolic OH excluding ortho intramolecular Hbond substituents is 4. The Morgan fingerprint density at radius 1 is 0.900 bits per heavy atom. The van der Waals surface area contributed by atoms with Gasteiger partial charge in [0.25, 0.3) is 0 Å². The first-order valence-electron chi connectivity index (χ1n) is 5.78. The second-order valence-electron chi connectivity index (χ2n) is 4.24. The molecule has 0 radical (unpaired) electrons. The minimum absolute atomic E-state index is 0.0946. The summed E-state index contributed by atoms with van der Waals surface area (Å²) in [5, 5.41) is 39.9. The molecule has 0 heterocycles. The first-order valence-corrected chi connectivity index (χ1v) is 5.78. The fourth-order valence-electron chi connectivity index (χ4n) is 1.69. The van der Waals surface area contributed by atoms with E-state index in [0.717, 1.165) is 12.1 Å². The second kappa shape index (κ2) is 5.40. The molecule has 104 valence electrons. The molecule has 1 amide bonds. The van der Waals surface area contributed by atoms with Crippen LogP contribution in [0, 0.1) is 0 Å². The molecular formula is C14H13NO5. The van der Waals surface area contributed by atoms with Gasteiger partial charge in [0.15, 0.2) is 0 Å². The van der Waals surface area contributed by atoms with E-state index in [1.54, 1.807) is 0 Å². The van der Waals surface area contributed by atoms with Crippen LogP contribution in [0.25, 0.3) is 0 Å². The average molecular weight is 275 g/mol. The van der Waals surface area contributed by atoms with E-state index < -0.39 is 5.91 Å². The van der Waals surface area contributed by atoms with E-state index in [4.69, 9.17) is 10.2 Å². The molecule has 0 aliphatic carbocycles. The number of anilines is 1. The summed E-state index contributed by atoms with van der Waals surface area (Å²) in [5.74, 6) is -1.10. The first-order chi connectivity index (χ1) is 9.45. The summed E-state index contributed by atoms with van der Waals surface area (Å²) in [4.78, 5) is 11.8. The summed E-state index contributed by atoms with van der Waals surface area (Å²) in [7, 11) is 0. The smallest absolute Gasteiger partial charge is 0.229 e. The van der Waals surface area contributed by atoms with E-state index in [0.29, 0.717) is 5.56 Å². The molecule has 6 nitrogen and oxygen atoms in total. The zero-order valence-corrected chi connectivity index (χ0v) is 10.4. The van der Waals surface area contributed by atoms with E-state index in [1.807, 2.05) is 0 Å². The average Bonchev–Trinajstić information content (AvgIpc) is 2.36. The van der Waals surface area contributed by atoms with Gasteiger partial charge in [-0.05, 0) is 18.2 Å². The van der Waals surface area contributed by atoms with Crippen LogP contribution in [0.5, 0.6) is 23.0 Å². The molecule has 2 rings (SSSR count). The first kappa shape index (κ1) is 13.5. The third-order valence-corrected chi connectivity index (χ3v) is 2.68. The summed E-state index contributed by atoms with van der Waals surface area (Å²) in [6.07, 6.45) is -0.119. The molecule has 0 aliphatic rings. The molecule has 0 saturated carbocycles. The maximum atomic E-state index is 11.8. The van der Waals surface area contributed by atoms with Gasteiger partial charge in [0, 0.05) is 17.7 Å². The molecule has 6 heteroatoms. The SMILES string of the molecule is O=C(Cc1ccc(O)cc1O)Nc1ccc(O)cc1O. The number of nitrogens with one attached hydrogen (secondary N) is 1. The van der Waals surface area contributed by atoms with Gasteiger partial charge >= 0.3 is 0 Å². The molecule has 0 saturated heterocycles. The van der Waals surface area contributed by atoms with Crippen molar-refractivity contribution in [3.63, 3.8) is 0 Å². The van der Waals surface area contributed by atoms with Gasteiger partial charge in [-0.3, -0.25) is 4.79 Å². The Morgan fingerprint density at radius 3 is 2.10 bits per heavy atom. The Morgan fingerprint density at radius 2 is 1.50 bits per heavy atom. The van der Waals surface area contributed by atoms with Crippen molar-refractivity contribution in [2.45, 2.75) is 6.42 Å². The number of aromatic hydroxyl groups is 4. The molecule has 2 aromatic carbocycles. The van der Waals surface area contributed by atoms with E-state index in [2.05, 4.69) is 5.32 Å². The third kappa shape index (κ3) is 3.11. The molecule has 0 aliphatic heterocycles. The van der Waals surface area contributed by atoms with Gasteiger partial charge in [-0.1, -0.05) is 6.07 Å². The fraction of sp³-hybridized carbons (Fsp3) is 0.0714. The van der Waals surface area contributed by atoms with Gasteiger partial charge in [-0.15, -0.1) is 0 Å². The molecule has 0 atom stereocenters. The molecule has 0 aromatic heterocycles. The molecule has 2 aromatic rings. The summed E-state index contributed by atoms with van der Waals surface area (Å²) < 4.78 is 0. The quantitative estimate of drug-likeness (QED) is 0.432. The van der Waals surface area contributed by atoms with Crippen molar-refractivity contribution in [3.05, 3.63) is 42.0 Å². The Hall–Kier alpha value is -2.89. The second-order valence-corrected chi connectivity index (χ2v) is 4.24. The van der Waals surface area contributed by atoms with Crippen molar-refractivity contribution in [3.8, 4) is 23.0 Å². The van der Waals surface area contributed by atoms with Crippen LogP contribution in [-0.2, 0) is 11.2 Å². The molecular weight excluding hydrogens is 262 g/mol. The minimum atomic E-state index is -0.452. The summed E-state index contributed by atoms with van der Waals surface area (Å²) >= 11 is 0. The molecule has 5 N–H and O–H groups in total. The van der Waals surface area contributed by atoms with E-state index in [1.165, 1.54) is 24.3 Å². The van der Waals surface area contributed by atoms with Crippen LogP contribution in [-0.4, -0.2) is 26.3 Å². The van der Waals surface area contributed by atoms with Crippen LogP contribution >= 0.6 is 0 Å². The van der Waals surface area contributed by atoms with Crippen molar-refractivity contribution >= 4 is 11.6 Å². The summed E-state index contributed by atoms with van der Waals surface area (Å²) in [6.45, 7) is 0. The normalized spacial score (nSPS) is 10.2. The number of carbonyl (C=O) groups excluding carboxylic acids is 1. The predicted molar refractivity (Wildman–Crippen MR) is 71.9 cm³/mol. The highest BCUT2D eigenvalue weighted by Crippen LogP contribution is 2.28. The van der Waals surface area contributed by atoms with Crippen molar-refractivity contribution in [1.82, 2.24) is 0 Å².